The highest BCUT2D eigenvalue weighted by molar-refractivity contribution is 7.89. The normalized spacial score (nSPS) is 11.7. The molecule has 0 amide bonds. The molecule has 0 bridgehead atoms. The van der Waals surface area contributed by atoms with Crippen molar-refractivity contribution in [1.29, 1.82) is 0 Å². The summed E-state index contributed by atoms with van der Waals surface area (Å²) in [6.07, 6.45) is -0.126. The quantitative estimate of drug-likeness (QED) is 0.697. The van der Waals surface area contributed by atoms with Crippen molar-refractivity contribution in [3.63, 3.8) is 0 Å². The molecule has 0 unspecified atom stereocenters. The van der Waals surface area contributed by atoms with Gasteiger partial charge in [-0.2, -0.15) is 5.10 Å². The summed E-state index contributed by atoms with van der Waals surface area (Å²) in [5.41, 5.74) is 0.667. The van der Waals surface area contributed by atoms with Gasteiger partial charge in [-0.1, -0.05) is 4.89 Å². The minimum absolute atomic E-state index is 0.00902. The molecular formula is C9H15N3O5S. The lowest BCUT2D eigenvalue weighted by Crippen LogP contribution is -2.23. The second-order valence-corrected chi connectivity index (χ2v) is 5.24. The molecule has 1 rings (SSSR count). The first-order valence-corrected chi connectivity index (χ1v) is 6.58. The van der Waals surface area contributed by atoms with Crippen molar-refractivity contribution in [2.24, 2.45) is 0 Å². The van der Waals surface area contributed by atoms with E-state index in [-0.39, 0.29) is 17.9 Å². The topological polar surface area (TPSA) is 111 Å². The van der Waals surface area contributed by atoms with E-state index in [9.17, 15) is 13.2 Å². The molecular weight excluding hydrogens is 262 g/mol. The number of hydrogen-bond donors (Lipinski definition) is 2. The third-order valence-corrected chi connectivity index (χ3v) is 3.83. The maximum absolute atomic E-state index is 11.8. The van der Waals surface area contributed by atoms with Crippen LogP contribution in [-0.2, 0) is 26.2 Å². The summed E-state index contributed by atoms with van der Waals surface area (Å²) in [6.45, 7) is 3.21. The molecule has 0 aromatic carbocycles. The molecule has 102 valence electrons. The zero-order chi connectivity index (χ0) is 13.9. The van der Waals surface area contributed by atoms with Gasteiger partial charge in [-0.15, -0.1) is 0 Å². The Morgan fingerprint density at radius 1 is 1.50 bits per heavy atom. The minimum Gasteiger partial charge on any atom is -0.481 e. The fourth-order valence-corrected chi connectivity index (χ4v) is 2.87. The SMILES string of the molecule is CONS(=O)(=O)c1c(C)nn(CCC(=O)O)c1C. The zero-order valence-corrected chi connectivity index (χ0v) is 11.1. The molecule has 9 heteroatoms. The van der Waals surface area contributed by atoms with Gasteiger partial charge < -0.3 is 5.11 Å². The number of carboxylic acid groups (broad SMARTS) is 1. The molecule has 0 saturated heterocycles. The Kier molecular flexibility index (Phi) is 4.43. The first kappa shape index (κ1) is 14.6. The predicted molar refractivity (Wildman–Crippen MR) is 61.3 cm³/mol. The first-order valence-electron chi connectivity index (χ1n) is 5.10. The number of rotatable bonds is 6. The highest BCUT2D eigenvalue weighted by Gasteiger charge is 2.24. The molecule has 8 nitrogen and oxygen atoms in total. The van der Waals surface area contributed by atoms with Gasteiger partial charge in [0.15, 0.2) is 0 Å². The summed E-state index contributed by atoms with van der Waals surface area (Å²) in [6, 6.07) is 0. The number of nitrogens with one attached hydrogen (secondary N) is 1. The average molecular weight is 277 g/mol. The Labute approximate surface area is 105 Å². The van der Waals surface area contributed by atoms with E-state index in [1.54, 1.807) is 6.92 Å². The largest absolute Gasteiger partial charge is 0.481 e. The van der Waals surface area contributed by atoms with Crippen LogP contribution in [0.4, 0.5) is 0 Å². The zero-order valence-electron chi connectivity index (χ0n) is 10.3. The van der Waals surface area contributed by atoms with Gasteiger partial charge in [-0.05, 0) is 13.8 Å². The van der Waals surface area contributed by atoms with Crippen LogP contribution in [0.1, 0.15) is 17.8 Å². The smallest absolute Gasteiger partial charge is 0.305 e. The number of aromatic nitrogens is 2. The van der Waals surface area contributed by atoms with Gasteiger partial charge in [0, 0.05) is 0 Å². The predicted octanol–water partition coefficient (Wildman–Crippen LogP) is -0.186. The second-order valence-electron chi connectivity index (χ2n) is 3.66. The van der Waals surface area contributed by atoms with E-state index in [0.717, 1.165) is 0 Å². The van der Waals surface area contributed by atoms with Crippen molar-refractivity contribution >= 4 is 16.0 Å². The number of sulfonamides is 1. The molecule has 0 aliphatic carbocycles. The summed E-state index contributed by atoms with van der Waals surface area (Å²) >= 11 is 0. The maximum Gasteiger partial charge on any atom is 0.305 e. The van der Waals surface area contributed by atoms with Crippen molar-refractivity contribution in [1.82, 2.24) is 14.7 Å². The highest BCUT2D eigenvalue weighted by Crippen LogP contribution is 2.19. The molecule has 0 spiro atoms. The van der Waals surface area contributed by atoms with Crippen LogP contribution < -0.4 is 4.89 Å². The first-order chi connectivity index (χ1) is 8.29. The number of carboxylic acids is 1. The Hall–Kier alpha value is -1.45. The maximum atomic E-state index is 11.8. The van der Waals surface area contributed by atoms with E-state index in [2.05, 4.69) is 9.94 Å². The van der Waals surface area contributed by atoms with E-state index >= 15 is 0 Å². The van der Waals surface area contributed by atoms with Crippen LogP contribution >= 0.6 is 0 Å². The van der Waals surface area contributed by atoms with Crippen molar-refractivity contribution in [3.8, 4) is 0 Å². The van der Waals surface area contributed by atoms with Crippen LogP contribution in [0.15, 0.2) is 4.90 Å². The van der Waals surface area contributed by atoms with Crippen LogP contribution in [0.2, 0.25) is 0 Å². The lowest BCUT2D eigenvalue weighted by molar-refractivity contribution is -0.137. The van der Waals surface area contributed by atoms with Gasteiger partial charge in [0.25, 0.3) is 10.0 Å². The Bertz CT molecular complexity index is 549. The van der Waals surface area contributed by atoms with Crippen LogP contribution in [0.5, 0.6) is 0 Å². The van der Waals surface area contributed by atoms with Crippen molar-refractivity contribution in [3.05, 3.63) is 11.4 Å². The minimum atomic E-state index is -3.79. The number of aryl methyl sites for hydroxylation is 2. The molecule has 0 atom stereocenters. The van der Waals surface area contributed by atoms with Crippen LogP contribution in [0.3, 0.4) is 0 Å². The third-order valence-electron chi connectivity index (χ3n) is 2.31. The number of hydrogen-bond acceptors (Lipinski definition) is 5. The lowest BCUT2D eigenvalue weighted by Gasteiger charge is -2.05. The van der Waals surface area contributed by atoms with Crippen molar-refractivity contribution in [2.45, 2.75) is 31.7 Å². The van der Waals surface area contributed by atoms with Gasteiger partial charge in [0.2, 0.25) is 0 Å². The van der Waals surface area contributed by atoms with Gasteiger partial charge in [-0.25, -0.2) is 8.42 Å². The van der Waals surface area contributed by atoms with Crippen LogP contribution in [0.25, 0.3) is 0 Å². The molecule has 2 N–H and O–H groups in total. The summed E-state index contributed by atoms with van der Waals surface area (Å²) in [4.78, 5) is 16.8. The summed E-state index contributed by atoms with van der Waals surface area (Å²) in [5.74, 6) is -0.970. The molecule has 0 aliphatic heterocycles. The molecule has 1 heterocycles. The lowest BCUT2D eigenvalue weighted by atomic mass is 10.4. The second kappa shape index (κ2) is 5.46. The van der Waals surface area contributed by atoms with Gasteiger partial charge in [0.05, 0.1) is 31.5 Å². The summed E-state index contributed by atoms with van der Waals surface area (Å²) in [7, 11) is -2.60. The van der Waals surface area contributed by atoms with E-state index in [0.29, 0.717) is 11.4 Å². The van der Waals surface area contributed by atoms with Gasteiger partial charge in [0.1, 0.15) is 4.90 Å². The van der Waals surface area contributed by atoms with E-state index in [1.165, 1.54) is 18.7 Å². The monoisotopic (exact) mass is 277 g/mol. The van der Waals surface area contributed by atoms with Gasteiger partial charge >= 0.3 is 5.97 Å². The number of carbonyl (C=O) groups is 1. The molecule has 0 aliphatic rings. The fraction of sp³-hybridized carbons (Fsp3) is 0.556. The van der Waals surface area contributed by atoms with E-state index in [4.69, 9.17) is 5.11 Å². The number of nitrogens with zero attached hydrogens (tertiary/aromatic N) is 2. The Morgan fingerprint density at radius 3 is 2.61 bits per heavy atom. The summed E-state index contributed by atoms with van der Waals surface area (Å²) < 4.78 is 25.0. The fourth-order valence-electron chi connectivity index (χ4n) is 1.64. The van der Waals surface area contributed by atoms with Crippen molar-refractivity contribution < 1.29 is 23.2 Å². The van der Waals surface area contributed by atoms with Gasteiger partial charge in [-0.3, -0.25) is 14.3 Å². The molecule has 1 aromatic rings. The molecule has 18 heavy (non-hydrogen) atoms. The number of aliphatic carboxylic acids is 1. The van der Waals surface area contributed by atoms with Crippen LogP contribution in [0, 0.1) is 13.8 Å². The summed E-state index contributed by atoms with van der Waals surface area (Å²) in [5, 5.41) is 12.6. The molecule has 1 aromatic heterocycles. The van der Waals surface area contributed by atoms with Crippen LogP contribution in [-0.4, -0.2) is 36.4 Å². The molecule has 0 saturated carbocycles. The highest BCUT2D eigenvalue weighted by atomic mass is 32.2. The average Bonchev–Trinajstić information content (AvgIpc) is 2.51. The standard InChI is InChI=1S/C9H15N3O5S/c1-6-9(18(15,16)11-17-3)7(2)12(10-6)5-4-8(13)14/h11H,4-5H2,1-3H3,(H,13,14). The molecule has 0 fully saturated rings. The Morgan fingerprint density at radius 2 is 2.11 bits per heavy atom. The van der Waals surface area contributed by atoms with Crippen molar-refractivity contribution in [2.75, 3.05) is 7.11 Å². The Balaban J connectivity index is 3.12. The van der Waals surface area contributed by atoms with E-state index < -0.39 is 16.0 Å². The third kappa shape index (κ3) is 3.06. The molecule has 0 radical (unpaired) electrons. The van der Waals surface area contributed by atoms with E-state index in [1.807, 2.05) is 4.89 Å².